The van der Waals surface area contributed by atoms with Crippen LogP contribution >= 0.6 is 15.9 Å². The minimum atomic E-state index is -3.81. The van der Waals surface area contributed by atoms with E-state index in [1.165, 1.54) is 6.07 Å². The standard InChI is InChI=1S/C20H18BrNO5S/c21-17-6-3-7-18(13-17)26-10-11-27-20(23)14-22-28(24,25)19-9-8-15-4-1-2-5-16(15)12-19/h1-9,12-13,22H,10-11,14H2. The van der Waals surface area contributed by atoms with Crippen molar-refractivity contribution in [1.82, 2.24) is 4.72 Å². The van der Waals surface area contributed by atoms with E-state index in [0.717, 1.165) is 15.2 Å². The number of hydrogen-bond acceptors (Lipinski definition) is 5. The number of carbonyl (C=O) groups excluding carboxylic acids is 1. The van der Waals surface area contributed by atoms with Crippen LogP contribution < -0.4 is 9.46 Å². The van der Waals surface area contributed by atoms with Crippen molar-refractivity contribution in [3.8, 4) is 5.75 Å². The smallest absolute Gasteiger partial charge is 0.321 e. The lowest BCUT2D eigenvalue weighted by Crippen LogP contribution is -2.31. The van der Waals surface area contributed by atoms with Crippen LogP contribution in [-0.2, 0) is 19.6 Å². The van der Waals surface area contributed by atoms with Gasteiger partial charge in [0.1, 0.15) is 25.5 Å². The van der Waals surface area contributed by atoms with Crippen LogP contribution in [0.2, 0.25) is 0 Å². The van der Waals surface area contributed by atoms with E-state index in [0.29, 0.717) is 5.75 Å². The van der Waals surface area contributed by atoms with Gasteiger partial charge in [0.05, 0.1) is 4.90 Å². The first-order valence-corrected chi connectivity index (χ1v) is 10.7. The molecule has 0 fully saturated rings. The largest absolute Gasteiger partial charge is 0.490 e. The van der Waals surface area contributed by atoms with Gasteiger partial charge in [0.15, 0.2) is 0 Å². The molecule has 0 aliphatic rings. The van der Waals surface area contributed by atoms with Gasteiger partial charge < -0.3 is 9.47 Å². The molecule has 146 valence electrons. The minimum absolute atomic E-state index is 0.0169. The number of sulfonamides is 1. The summed E-state index contributed by atoms with van der Waals surface area (Å²) in [5.41, 5.74) is 0. The van der Waals surface area contributed by atoms with E-state index in [1.54, 1.807) is 24.3 Å². The van der Waals surface area contributed by atoms with Crippen LogP contribution in [0.4, 0.5) is 0 Å². The van der Waals surface area contributed by atoms with Crippen LogP contribution in [-0.4, -0.2) is 34.1 Å². The molecule has 0 aromatic heterocycles. The highest BCUT2D eigenvalue weighted by atomic mass is 79.9. The second-order valence-electron chi connectivity index (χ2n) is 5.86. The molecule has 0 spiro atoms. The Morgan fingerprint density at radius 2 is 1.71 bits per heavy atom. The molecule has 3 aromatic carbocycles. The molecule has 1 N–H and O–H groups in total. The highest BCUT2D eigenvalue weighted by Gasteiger charge is 2.16. The maximum absolute atomic E-state index is 12.4. The lowest BCUT2D eigenvalue weighted by molar-refractivity contribution is -0.142. The van der Waals surface area contributed by atoms with Gasteiger partial charge in [-0.2, -0.15) is 4.72 Å². The fourth-order valence-corrected chi connectivity index (χ4v) is 3.88. The van der Waals surface area contributed by atoms with E-state index in [4.69, 9.17) is 9.47 Å². The summed E-state index contributed by atoms with van der Waals surface area (Å²) in [4.78, 5) is 11.9. The van der Waals surface area contributed by atoms with Crippen LogP contribution in [0.1, 0.15) is 0 Å². The number of hydrogen-bond donors (Lipinski definition) is 1. The van der Waals surface area contributed by atoms with Crippen LogP contribution in [0.25, 0.3) is 10.8 Å². The first-order valence-electron chi connectivity index (χ1n) is 8.46. The fourth-order valence-electron chi connectivity index (χ4n) is 2.49. The van der Waals surface area contributed by atoms with Crippen LogP contribution in [0.3, 0.4) is 0 Å². The Labute approximate surface area is 171 Å². The zero-order valence-electron chi connectivity index (χ0n) is 14.8. The number of rotatable bonds is 8. The number of nitrogens with one attached hydrogen (secondary N) is 1. The van der Waals surface area contributed by atoms with Gasteiger partial charge in [-0.15, -0.1) is 0 Å². The number of fused-ring (bicyclic) bond motifs is 1. The van der Waals surface area contributed by atoms with Gasteiger partial charge in [-0.05, 0) is 41.1 Å². The van der Waals surface area contributed by atoms with Crippen LogP contribution in [0.5, 0.6) is 5.75 Å². The Kier molecular flexibility index (Phi) is 6.66. The third kappa shape index (κ3) is 5.54. The van der Waals surface area contributed by atoms with E-state index in [2.05, 4.69) is 20.7 Å². The molecular weight excluding hydrogens is 446 g/mol. The van der Waals surface area contributed by atoms with Crippen molar-refractivity contribution in [2.75, 3.05) is 19.8 Å². The van der Waals surface area contributed by atoms with Gasteiger partial charge in [-0.1, -0.05) is 52.3 Å². The normalized spacial score (nSPS) is 11.3. The van der Waals surface area contributed by atoms with Crippen molar-refractivity contribution in [2.45, 2.75) is 4.90 Å². The van der Waals surface area contributed by atoms with Crippen molar-refractivity contribution in [3.63, 3.8) is 0 Å². The molecule has 6 nitrogen and oxygen atoms in total. The minimum Gasteiger partial charge on any atom is -0.490 e. The van der Waals surface area contributed by atoms with Crippen LogP contribution in [0.15, 0.2) is 76.1 Å². The van der Waals surface area contributed by atoms with Crippen molar-refractivity contribution in [3.05, 3.63) is 71.2 Å². The summed E-state index contributed by atoms with van der Waals surface area (Å²) in [5.74, 6) is -0.0374. The summed E-state index contributed by atoms with van der Waals surface area (Å²) in [6.45, 7) is -0.269. The Hall–Kier alpha value is -2.42. The highest BCUT2D eigenvalue weighted by Crippen LogP contribution is 2.19. The number of halogens is 1. The predicted octanol–water partition coefficient (Wildman–Crippen LogP) is 3.50. The Morgan fingerprint density at radius 1 is 0.929 bits per heavy atom. The molecule has 0 aliphatic heterocycles. The zero-order valence-corrected chi connectivity index (χ0v) is 17.2. The maximum atomic E-state index is 12.4. The Balaban J connectivity index is 1.47. The van der Waals surface area contributed by atoms with Crippen molar-refractivity contribution < 1.29 is 22.7 Å². The number of esters is 1. The average Bonchev–Trinajstić information content (AvgIpc) is 2.69. The number of benzene rings is 3. The van der Waals surface area contributed by atoms with Crippen LogP contribution in [0, 0.1) is 0 Å². The molecular formula is C20H18BrNO5S. The Bertz CT molecular complexity index is 1080. The molecule has 0 heterocycles. The highest BCUT2D eigenvalue weighted by molar-refractivity contribution is 9.10. The lowest BCUT2D eigenvalue weighted by atomic mass is 10.1. The summed E-state index contributed by atoms with van der Waals surface area (Å²) in [7, 11) is -3.81. The quantitative estimate of drug-likeness (QED) is 0.408. The third-order valence-corrected chi connectivity index (χ3v) is 5.74. The molecule has 8 heteroatoms. The second-order valence-corrected chi connectivity index (χ2v) is 8.54. The third-order valence-electron chi connectivity index (χ3n) is 3.85. The summed E-state index contributed by atoms with van der Waals surface area (Å²) < 4.78 is 38.3. The van der Waals surface area contributed by atoms with E-state index in [9.17, 15) is 13.2 Å². The van der Waals surface area contributed by atoms with Gasteiger partial charge in [0.25, 0.3) is 0 Å². The van der Waals surface area contributed by atoms with Gasteiger partial charge in [-0.3, -0.25) is 4.79 Å². The van der Waals surface area contributed by atoms with Crippen molar-refractivity contribution >= 4 is 42.7 Å². The molecule has 0 saturated heterocycles. The van der Waals surface area contributed by atoms with E-state index in [-0.39, 0.29) is 18.1 Å². The number of ether oxygens (including phenoxy) is 2. The first-order chi connectivity index (χ1) is 13.4. The lowest BCUT2D eigenvalue weighted by Gasteiger charge is -2.09. The molecule has 0 saturated carbocycles. The molecule has 3 aromatic rings. The van der Waals surface area contributed by atoms with Crippen molar-refractivity contribution in [2.24, 2.45) is 0 Å². The second kappa shape index (κ2) is 9.18. The molecule has 0 radical (unpaired) electrons. The molecule has 0 unspecified atom stereocenters. The van der Waals surface area contributed by atoms with Gasteiger partial charge in [0, 0.05) is 4.47 Å². The van der Waals surface area contributed by atoms with Gasteiger partial charge in [-0.25, -0.2) is 8.42 Å². The van der Waals surface area contributed by atoms with E-state index >= 15 is 0 Å². The summed E-state index contributed by atoms with van der Waals surface area (Å²) in [6.07, 6.45) is 0. The zero-order chi connectivity index (χ0) is 20.0. The Morgan fingerprint density at radius 3 is 2.50 bits per heavy atom. The van der Waals surface area contributed by atoms with E-state index in [1.807, 2.05) is 36.4 Å². The molecule has 0 bridgehead atoms. The summed E-state index contributed by atoms with van der Waals surface area (Å²) >= 11 is 3.34. The monoisotopic (exact) mass is 463 g/mol. The summed E-state index contributed by atoms with van der Waals surface area (Å²) in [6, 6.07) is 19.5. The molecule has 0 amide bonds. The first kappa shape index (κ1) is 20.3. The van der Waals surface area contributed by atoms with Gasteiger partial charge >= 0.3 is 5.97 Å². The van der Waals surface area contributed by atoms with E-state index < -0.39 is 22.5 Å². The molecule has 0 atom stereocenters. The molecule has 3 rings (SSSR count). The summed E-state index contributed by atoms with van der Waals surface area (Å²) in [5, 5.41) is 1.74. The van der Waals surface area contributed by atoms with Gasteiger partial charge in [0.2, 0.25) is 10.0 Å². The average molecular weight is 464 g/mol. The molecule has 28 heavy (non-hydrogen) atoms. The number of carbonyl (C=O) groups is 1. The van der Waals surface area contributed by atoms with Crippen molar-refractivity contribution in [1.29, 1.82) is 0 Å². The predicted molar refractivity (Wildman–Crippen MR) is 110 cm³/mol. The SMILES string of the molecule is O=C(CNS(=O)(=O)c1ccc2ccccc2c1)OCCOc1cccc(Br)c1. The fraction of sp³-hybridized carbons (Fsp3) is 0.150. The maximum Gasteiger partial charge on any atom is 0.321 e. The topological polar surface area (TPSA) is 81.7 Å². The molecule has 0 aliphatic carbocycles.